The van der Waals surface area contributed by atoms with Crippen LogP contribution in [0.5, 0.6) is 0 Å². The SMILES string of the molecule is CC1CCCO1.O=C(O)CCC(=O)O. The molecule has 14 heavy (non-hydrogen) atoms. The van der Waals surface area contributed by atoms with E-state index in [1.54, 1.807) is 0 Å². The van der Waals surface area contributed by atoms with Gasteiger partial charge in [0.25, 0.3) is 0 Å². The summed E-state index contributed by atoms with van der Waals surface area (Å²) in [7, 11) is 0. The molecule has 1 fully saturated rings. The summed E-state index contributed by atoms with van der Waals surface area (Å²) in [5.41, 5.74) is 0. The van der Waals surface area contributed by atoms with Crippen LogP contribution >= 0.6 is 0 Å². The topological polar surface area (TPSA) is 83.8 Å². The Morgan fingerprint density at radius 2 is 1.79 bits per heavy atom. The molecule has 5 nitrogen and oxygen atoms in total. The van der Waals surface area contributed by atoms with Gasteiger partial charge in [0.15, 0.2) is 0 Å². The number of hydrogen-bond acceptors (Lipinski definition) is 3. The number of ether oxygens (including phenoxy) is 1. The smallest absolute Gasteiger partial charge is 0.303 e. The van der Waals surface area contributed by atoms with Crippen LogP contribution in [-0.2, 0) is 14.3 Å². The Balaban J connectivity index is 0.000000249. The highest BCUT2D eigenvalue weighted by atomic mass is 16.5. The Kier molecular flexibility index (Phi) is 6.74. The van der Waals surface area contributed by atoms with Gasteiger partial charge in [-0.2, -0.15) is 0 Å². The Morgan fingerprint density at radius 3 is 1.93 bits per heavy atom. The van der Waals surface area contributed by atoms with Crippen molar-refractivity contribution in [3.8, 4) is 0 Å². The molecule has 0 bridgehead atoms. The zero-order valence-corrected chi connectivity index (χ0v) is 8.23. The molecule has 5 heteroatoms. The van der Waals surface area contributed by atoms with Gasteiger partial charge >= 0.3 is 11.9 Å². The van der Waals surface area contributed by atoms with Crippen molar-refractivity contribution in [1.29, 1.82) is 0 Å². The fourth-order valence-corrected chi connectivity index (χ4v) is 0.953. The standard InChI is InChI=1S/C5H10O.C4H6O4/c1-5-3-2-4-6-5;5-3(6)1-2-4(7)8/h5H,2-4H2,1H3;1-2H2,(H,5,6)(H,7,8). The summed E-state index contributed by atoms with van der Waals surface area (Å²) in [5, 5.41) is 15.8. The van der Waals surface area contributed by atoms with E-state index in [9.17, 15) is 9.59 Å². The molecular weight excluding hydrogens is 188 g/mol. The molecule has 0 aromatic heterocycles. The van der Waals surface area contributed by atoms with Crippen molar-refractivity contribution in [2.75, 3.05) is 6.61 Å². The van der Waals surface area contributed by atoms with E-state index in [0.29, 0.717) is 6.10 Å². The third-order valence-corrected chi connectivity index (χ3v) is 1.71. The second kappa shape index (κ2) is 7.32. The molecule has 1 rings (SSSR count). The van der Waals surface area contributed by atoms with Crippen molar-refractivity contribution in [3.05, 3.63) is 0 Å². The molecule has 0 aromatic carbocycles. The average molecular weight is 204 g/mol. The molecule has 0 saturated carbocycles. The molecule has 0 aromatic rings. The summed E-state index contributed by atoms with van der Waals surface area (Å²) < 4.78 is 5.15. The van der Waals surface area contributed by atoms with Gasteiger partial charge in [-0.1, -0.05) is 0 Å². The normalized spacial score (nSPS) is 19.6. The monoisotopic (exact) mass is 204 g/mol. The minimum absolute atomic E-state index is 0.296. The minimum atomic E-state index is -1.08. The summed E-state index contributed by atoms with van der Waals surface area (Å²) in [5.74, 6) is -2.15. The largest absolute Gasteiger partial charge is 0.481 e. The van der Waals surface area contributed by atoms with Gasteiger partial charge in [-0.05, 0) is 19.8 Å². The highest BCUT2D eigenvalue weighted by molar-refractivity contribution is 5.75. The van der Waals surface area contributed by atoms with Crippen LogP contribution in [0.15, 0.2) is 0 Å². The quantitative estimate of drug-likeness (QED) is 0.719. The minimum Gasteiger partial charge on any atom is -0.481 e. The number of carboxylic acid groups (broad SMARTS) is 2. The van der Waals surface area contributed by atoms with Crippen LogP contribution in [-0.4, -0.2) is 34.9 Å². The second-order valence-corrected chi connectivity index (χ2v) is 3.11. The van der Waals surface area contributed by atoms with Crippen LogP contribution in [0.3, 0.4) is 0 Å². The Bertz CT molecular complexity index is 170. The van der Waals surface area contributed by atoms with E-state index >= 15 is 0 Å². The summed E-state index contributed by atoms with van der Waals surface area (Å²) in [6.07, 6.45) is 2.48. The third-order valence-electron chi connectivity index (χ3n) is 1.71. The lowest BCUT2D eigenvalue weighted by atomic mass is 10.3. The van der Waals surface area contributed by atoms with Gasteiger partial charge in [0, 0.05) is 6.61 Å². The van der Waals surface area contributed by atoms with Gasteiger partial charge in [0.05, 0.1) is 18.9 Å². The number of carboxylic acids is 2. The van der Waals surface area contributed by atoms with Gasteiger partial charge in [0.2, 0.25) is 0 Å². The first kappa shape index (κ1) is 12.9. The molecule has 0 aliphatic carbocycles. The molecule has 1 aliphatic heterocycles. The third kappa shape index (κ3) is 8.99. The molecule has 1 atom stereocenters. The predicted molar refractivity (Wildman–Crippen MR) is 49.2 cm³/mol. The molecule has 82 valence electrons. The molecule has 0 spiro atoms. The lowest BCUT2D eigenvalue weighted by Gasteiger charge is -1.94. The van der Waals surface area contributed by atoms with Crippen molar-refractivity contribution in [3.63, 3.8) is 0 Å². The Hall–Kier alpha value is -1.10. The van der Waals surface area contributed by atoms with Crippen molar-refractivity contribution in [2.24, 2.45) is 0 Å². The fourth-order valence-electron chi connectivity index (χ4n) is 0.953. The molecule has 0 amide bonds. The zero-order valence-electron chi connectivity index (χ0n) is 8.23. The van der Waals surface area contributed by atoms with Crippen LogP contribution in [0, 0.1) is 0 Å². The summed E-state index contributed by atoms with van der Waals surface area (Å²) >= 11 is 0. The maximum Gasteiger partial charge on any atom is 0.303 e. The second-order valence-electron chi connectivity index (χ2n) is 3.11. The maximum atomic E-state index is 9.64. The lowest BCUT2D eigenvalue weighted by molar-refractivity contribution is -0.143. The number of hydrogen-bond donors (Lipinski definition) is 2. The first-order valence-electron chi connectivity index (χ1n) is 4.57. The fraction of sp³-hybridized carbons (Fsp3) is 0.778. The zero-order chi connectivity index (χ0) is 11.0. The Morgan fingerprint density at radius 1 is 1.29 bits per heavy atom. The van der Waals surface area contributed by atoms with Crippen molar-refractivity contribution >= 4 is 11.9 Å². The van der Waals surface area contributed by atoms with E-state index in [1.807, 2.05) is 0 Å². The van der Waals surface area contributed by atoms with E-state index in [-0.39, 0.29) is 12.8 Å². The van der Waals surface area contributed by atoms with Gasteiger partial charge in [-0.25, -0.2) is 0 Å². The van der Waals surface area contributed by atoms with Gasteiger partial charge in [-0.3, -0.25) is 9.59 Å². The molecule has 0 radical (unpaired) electrons. The average Bonchev–Trinajstić information content (AvgIpc) is 2.53. The maximum absolute atomic E-state index is 9.64. The first-order valence-corrected chi connectivity index (χ1v) is 4.57. The van der Waals surface area contributed by atoms with E-state index < -0.39 is 11.9 Å². The first-order chi connectivity index (χ1) is 6.52. The highest BCUT2D eigenvalue weighted by Crippen LogP contribution is 2.09. The summed E-state index contributed by atoms with van der Waals surface area (Å²) in [4.78, 5) is 19.3. The van der Waals surface area contributed by atoms with E-state index in [1.165, 1.54) is 12.8 Å². The molecule has 1 aliphatic rings. The van der Waals surface area contributed by atoms with Crippen LogP contribution in [0.1, 0.15) is 32.6 Å². The molecule has 1 unspecified atom stereocenters. The van der Waals surface area contributed by atoms with Crippen LogP contribution in [0.4, 0.5) is 0 Å². The Labute approximate surface area is 82.7 Å². The van der Waals surface area contributed by atoms with E-state index in [2.05, 4.69) is 6.92 Å². The lowest BCUT2D eigenvalue weighted by Crippen LogP contribution is -2.00. The van der Waals surface area contributed by atoms with E-state index in [4.69, 9.17) is 14.9 Å². The van der Waals surface area contributed by atoms with Gasteiger partial charge < -0.3 is 14.9 Å². The summed E-state index contributed by atoms with van der Waals surface area (Å²) in [6.45, 7) is 3.11. The highest BCUT2D eigenvalue weighted by Gasteiger charge is 2.07. The number of carbonyl (C=O) groups is 2. The molecule has 2 N–H and O–H groups in total. The van der Waals surface area contributed by atoms with E-state index in [0.717, 1.165) is 6.61 Å². The number of aliphatic carboxylic acids is 2. The van der Waals surface area contributed by atoms with Gasteiger partial charge in [-0.15, -0.1) is 0 Å². The predicted octanol–water partition coefficient (Wildman–Crippen LogP) is 1.12. The van der Waals surface area contributed by atoms with Crippen LogP contribution in [0.2, 0.25) is 0 Å². The summed E-state index contributed by atoms with van der Waals surface area (Å²) in [6, 6.07) is 0. The van der Waals surface area contributed by atoms with Crippen LogP contribution < -0.4 is 0 Å². The van der Waals surface area contributed by atoms with Crippen LogP contribution in [0.25, 0.3) is 0 Å². The van der Waals surface area contributed by atoms with Crippen molar-refractivity contribution in [1.82, 2.24) is 0 Å². The van der Waals surface area contributed by atoms with Crippen molar-refractivity contribution < 1.29 is 24.5 Å². The van der Waals surface area contributed by atoms with Crippen molar-refractivity contribution in [2.45, 2.75) is 38.7 Å². The number of rotatable bonds is 3. The van der Waals surface area contributed by atoms with Gasteiger partial charge in [0.1, 0.15) is 0 Å². The molecular formula is C9H16O5. The molecule has 1 heterocycles. The molecule has 1 saturated heterocycles.